The van der Waals surface area contributed by atoms with Gasteiger partial charge in [0.15, 0.2) is 0 Å². The summed E-state index contributed by atoms with van der Waals surface area (Å²) in [7, 11) is 0. The number of aliphatic hydroxyl groups is 1. The van der Waals surface area contributed by atoms with Crippen molar-refractivity contribution in [1.82, 2.24) is 14.9 Å². The first-order valence-electron chi connectivity index (χ1n) is 7.40. The van der Waals surface area contributed by atoms with Gasteiger partial charge in [-0.3, -0.25) is 9.59 Å². The fourth-order valence-corrected chi connectivity index (χ4v) is 2.84. The summed E-state index contributed by atoms with van der Waals surface area (Å²) in [6, 6.07) is 0. The van der Waals surface area contributed by atoms with Crippen LogP contribution in [0.5, 0.6) is 0 Å². The highest BCUT2D eigenvalue weighted by atomic mass is 16.3. The van der Waals surface area contributed by atoms with Crippen molar-refractivity contribution in [3.05, 3.63) is 27.4 Å². The molecule has 1 saturated heterocycles. The number of nitrogens with one attached hydrogen (secondary N) is 1. The summed E-state index contributed by atoms with van der Waals surface area (Å²) in [6.07, 6.45) is 1.17. The van der Waals surface area contributed by atoms with E-state index in [1.165, 1.54) is 0 Å². The van der Waals surface area contributed by atoms with Crippen LogP contribution in [0.1, 0.15) is 36.8 Å². The molecule has 0 bridgehead atoms. The van der Waals surface area contributed by atoms with Crippen LogP contribution in [0.3, 0.4) is 0 Å². The summed E-state index contributed by atoms with van der Waals surface area (Å²) in [5.41, 5.74) is 1.11. The molecule has 1 amide bonds. The van der Waals surface area contributed by atoms with Gasteiger partial charge in [0.1, 0.15) is 5.82 Å². The summed E-state index contributed by atoms with van der Waals surface area (Å²) in [5.74, 6) is 0.796. The number of carbonyl (C=O) groups excluding carboxylic acids is 1. The number of H-pyrrole nitrogens is 1. The maximum absolute atomic E-state index is 12.2. The van der Waals surface area contributed by atoms with Crippen LogP contribution in [0.2, 0.25) is 0 Å². The van der Waals surface area contributed by atoms with Crippen molar-refractivity contribution in [1.29, 1.82) is 0 Å². The number of hydrogen-bond donors (Lipinski definition) is 2. The van der Waals surface area contributed by atoms with Gasteiger partial charge in [-0.2, -0.15) is 0 Å². The molecular weight excluding hydrogens is 270 g/mol. The molecule has 0 saturated carbocycles. The second-order valence-electron chi connectivity index (χ2n) is 5.84. The van der Waals surface area contributed by atoms with E-state index in [0.29, 0.717) is 43.0 Å². The zero-order chi connectivity index (χ0) is 15.6. The maximum Gasteiger partial charge on any atom is 0.254 e. The molecule has 2 atom stereocenters. The predicted molar refractivity (Wildman–Crippen MR) is 79.0 cm³/mol. The monoisotopic (exact) mass is 293 g/mol. The van der Waals surface area contributed by atoms with E-state index >= 15 is 0 Å². The lowest BCUT2D eigenvalue weighted by molar-refractivity contribution is -0.130. The van der Waals surface area contributed by atoms with Gasteiger partial charge in [-0.25, -0.2) is 4.98 Å². The van der Waals surface area contributed by atoms with Crippen molar-refractivity contribution in [3.63, 3.8) is 0 Å². The molecule has 2 rings (SSSR count). The van der Waals surface area contributed by atoms with Crippen molar-refractivity contribution in [2.24, 2.45) is 5.92 Å². The van der Waals surface area contributed by atoms with Crippen LogP contribution in [0.25, 0.3) is 0 Å². The normalized spacial score (nSPS) is 19.8. The number of nitrogens with zero attached hydrogens (tertiary/aromatic N) is 2. The second-order valence-corrected chi connectivity index (χ2v) is 5.84. The number of aromatic amines is 1. The average molecular weight is 293 g/mol. The van der Waals surface area contributed by atoms with E-state index < -0.39 is 0 Å². The van der Waals surface area contributed by atoms with Crippen LogP contribution in [-0.4, -0.2) is 45.1 Å². The lowest BCUT2D eigenvalue weighted by Crippen LogP contribution is -2.31. The zero-order valence-electron chi connectivity index (χ0n) is 12.8. The number of carbonyl (C=O) groups is 1. The molecule has 2 unspecified atom stereocenters. The SMILES string of the molecule is Cc1nc(C)c(CCC(=O)N2CCC(C(C)O)C2)c(=O)[nH]1. The highest BCUT2D eigenvalue weighted by Gasteiger charge is 2.28. The second kappa shape index (κ2) is 6.39. The Morgan fingerprint density at radius 3 is 2.81 bits per heavy atom. The summed E-state index contributed by atoms with van der Waals surface area (Å²) in [6.45, 7) is 6.60. The van der Waals surface area contributed by atoms with Crippen molar-refractivity contribution in [2.75, 3.05) is 13.1 Å². The average Bonchev–Trinajstić information content (AvgIpc) is 2.86. The molecule has 2 heterocycles. The van der Waals surface area contributed by atoms with Crippen LogP contribution in [0, 0.1) is 19.8 Å². The van der Waals surface area contributed by atoms with Gasteiger partial charge in [-0.05, 0) is 33.6 Å². The minimum atomic E-state index is -0.380. The third-order valence-electron chi connectivity index (χ3n) is 4.19. The molecule has 1 aliphatic heterocycles. The number of aromatic nitrogens is 2. The van der Waals surface area contributed by atoms with E-state index in [2.05, 4.69) is 9.97 Å². The Labute approximate surface area is 124 Å². The Balaban J connectivity index is 1.95. The van der Waals surface area contributed by atoms with Gasteiger partial charge in [0, 0.05) is 36.7 Å². The lowest BCUT2D eigenvalue weighted by atomic mass is 10.0. The Hall–Kier alpha value is -1.69. The molecule has 1 aromatic rings. The molecule has 0 spiro atoms. The molecule has 1 aromatic heterocycles. The first-order valence-corrected chi connectivity index (χ1v) is 7.40. The van der Waals surface area contributed by atoms with Gasteiger partial charge in [-0.15, -0.1) is 0 Å². The summed E-state index contributed by atoms with van der Waals surface area (Å²) >= 11 is 0. The molecule has 116 valence electrons. The number of rotatable bonds is 4. The molecule has 0 radical (unpaired) electrons. The highest BCUT2D eigenvalue weighted by Crippen LogP contribution is 2.20. The van der Waals surface area contributed by atoms with Crippen LogP contribution in [-0.2, 0) is 11.2 Å². The number of aliphatic hydroxyl groups excluding tert-OH is 1. The zero-order valence-corrected chi connectivity index (χ0v) is 12.8. The fourth-order valence-electron chi connectivity index (χ4n) is 2.84. The molecular formula is C15H23N3O3. The van der Waals surface area contributed by atoms with E-state index in [9.17, 15) is 14.7 Å². The predicted octanol–water partition coefficient (Wildman–Crippen LogP) is 0.549. The standard InChI is InChI=1S/C15H23N3O3/c1-9-13(15(21)17-11(3)16-9)4-5-14(20)18-7-6-12(8-18)10(2)19/h10,12,19H,4-8H2,1-3H3,(H,16,17,21). The molecule has 2 N–H and O–H groups in total. The largest absolute Gasteiger partial charge is 0.393 e. The van der Waals surface area contributed by atoms with Gasteiger partial charge >= 0.3 is 0 Å². The van der Waals surface area contributed by atoms with Gasteiger partial charge in [0.05, 0.1) is 6.10 Å². The quantitative estimate of drug-likeness (QED) is 0.849. The minimum Gasteiger partial charge on any atom is -0.393 e. The Morgan fingerprint density at radius 1 is 1.52 bits per heavy atom. The van der Waals surface area contributed by atoms with Crippen molar-refractivity contribution >= 4 is 5.91 Å². The minimum absolute atomic E-state index is 0.0394. The third kappa shape index (κ3) is 3.69. The Bertz CT molecular complexity index is 580. The summed E-state index contributed by atoms with van der Waals surface area (Å²) in [5, 5.41) is 9.57. The molecule has 6 nitrogen and oxygen atoms in total. The van der Waals surface area contributed by atoms with Crippen molar-refractivity contribution in [3.8, 4) is 0 Å². The number of likely N-dealkylation sites (tertiary alicyclic amines) is 1. The highest BCUT2D eigenvalue weighted by molar-refractivity contribution is 5.76. The van der Waals surface area contributed by atoms with Crippen LogP contribution in [0.4, 0.5) is 0 Å². The molecule has 6 heteroatoms. The summed E-state index contributed by atoms with van der Waals surface area (Å²) < 4.78 is 0. The van der Waals surface area contributed by atoms with Gasteiger partial charge in [0.25, 0.3) is 5.56 Å². The van der Waals surface area contributed by atoms with Crippen molar-refractivity contribution in [2.45, 2.75) is 46.1 Å². The van der Waals surface area contributed by atoms with Gasteiger partial charge < -0.3 is 15.0 Å². The smallest absolute Gasteiger partial charge is 0.254 e. The molecule has 0 aliphatic carbocycles. The first kappa shape index (κ1) is 15.7. The third-order valence-corrected chi connectivity index (χ3v) is 4.19. The van der Waals surface area contributed by atoms with Gasteiger partial charge in [-0.1, -0.05) is 0 Å². The number of amides is 1. The van der Waals surface area contributed by atoms with E-state index in [4.69, 9.17) is 0 Å². The van der Waals surface area contributed by atoms with E-state index in [1.54, 1.807) is 25.7 Å². The van der Waals surface area contributed by atoms with E-state index in [-0.39, 0.29) is 23.5 Å². The number of hydrogen-bond acceptors (Lipinski definition) is 4. The van der Waals surface area contributed by atoms with Gasteiger partial charge in [0.2, 0.25) is 5.91 Å². The first-order chi connectivity index (χ1) is 9.88. The van der Waals surface area contributed by atoms with E-state index in [1.807, 2.05) is 0 Å². The van der Waals surface area contributed by atoms with Crippen LogP contribution in [0.15, 0.2) is 4.79 Å². The summed E-state index contributed by atoms with van der Waals surface area (Å²) in [4.78, 5) is 32.8. The molecule has 1 aliphatic rings. The maximum atomic E-state index is 12.2. The van der Waals surface area contributed by atoms with Crippen LogP contribution >= 0.6 is 0 Å². The fraction of sp³-hybridized carbons (Fsp3) is 0.667. The van der Waals surface area contributed by atoms with Crippen LogP contribution < -0.4 is 5.56 Å². The number of aryl methyl sites for hydroxylation is 2. The molecule has 21 heavy (non-hydrogen) atoms. The molecule has 0 aromatic carbocycles. The Morgan fingerprint density at radius 2 is 2.24 bits per heavy atom. The van der Waals surface area contributed by atoms with E-state index in [0.717, 1.165) is 6.42 Å². The van der Waals surface area contributed by atoms with Crippen molar-refractivity contribution < 1.29 is 9.90 Å². The Kier molecular flexibility index (Phi) is 4.77. The lowest BCUT2D eigenvalue weighted by Gasteiger charge is -2.17. The topological polar surface area (TPSA) is 86.3 Å². The molecule has 1 fully saturated rings.